The maximum Gasteiger partial charge on any atom is 0.407 e. The maximum atomic E-state index is 12.7. The summed E-state index contributed by atoms with van der Waals surface area (Å²) in [5.74, 6) is 0.813. The van der Waals surface area contributed by atoms with Gasteiger partial charge in [-0.15, -0.1) is 11.3 Å². The molecule has 38 heavy (non-hydrogen) atoms. The summed E-state index contributed by atoms with van der Waals surface area (Å²) in [7, 11) is 0. The van der Waals surface area contributed by atoms with E-state index >= 15 is 0 Å². The van der Waals surface area contributed by atoms with Crippen LogP contribution >= 0.6 is 11.3 Å². The number of H-pyrrole nitrogens is 1. The van der Waals surface area contributed by atoms with Crippen molar-refractivity contribution in [1.82, 2.24) is 15.5 Å². The number of hydrogen-bond donors (Lipinski definition) is 3. The van der Waals surface area contributed by atoms with Gasteiger partial charge in [-0.1, -0.05) is 18.2 Å². The molecule has 1 aliphatic carbocycles. The lowest BCUT2D eigenvalue weighted by molar-refractivity contribution is -0.116. The van der Waals surface area contributed by atoms with Crippen molar-refractivity contribution in [2.75, 3.05) is 18.5 Å². The number of ether oxygens (including phenoxy) is 2. The molecule has 4 rings (SSSR count). The van der Waals surface area contributed by atoms with E-state index in [0.717, 1.165) is 39.4 Å². The van der Waals surface area contributed by atoms with Gasteiger partial charge in [0, 0.05) is 23.1 Å². The van der Waals surface area contributed by atoms with Gasteiger partial charge in [0.05, 0.1) is 30.5 Å². The number of fused-ring (bicyclic) bond motifs is 1. The van der Waals surface area contributed by atoms with Crippen molar-refractivity contribution >= 4 is 28.3 Å². The number of benzene rings is 1. The Labute approximate surface area is 226 Å². The molecule has 2 heterocycles. The van der Waals surface area contributed by atoms with Crippen molar-refractivity contribution in [3.8, 4) is 11.8 Å². The highest BCUT2D eigenvalue weighted by atomic mass is 32.1. The molecule has 10 heteroatoms. The maximum absolute atomic E-state index is 12.7. The number of nitrogens with zero attached hydrogens (tertiary/aromatic N) is 2. The molecule has 3 N–H and O–H groups in total. The number of thiophene rings is 1. The van der Waals surface area contributed by atoms with Crippen molar-refractivity contribution in [1.29, 1.82) is 5.26 Å². The predicted octanol–water partition coefficient (Wildman–Crippen LogP) is 5.21. The van der Waals surface area contributed by atoms with Crippen LogP contribution in [0.1, 0.15) is 65.6 Å². The number of amides is 2. The number of anilines is 1. The number of carbonyl (C=O) groups excluding carboxylic acids is 2. The zero-order chi connectivity index (χ0) is 27.1. The van der Waals surface area contributed by atoms with Crippen molar-refractivity contribution < 1.29 is 19.1 Å². The lowest BCUT2D eigenvalue weighted by Crippen LogP contribution is -2.30. The van der Waals surface area contributed by atoms with Gasteiger partial charge in [0.2, 0.25) is 5.91 Å². The lowest BCUT2D eigenvalue weighted by Gasteiger charge is -2.22. The minimum absolute atomic E-state index is 0.134. The molecular weight excluding hydrogens is 502 g/mol. The molecule has 0 aliphatic heterocycles. The van der Waals surface area contributed by atoms with E-state index in [9.17, 15) is 14.9 Å². The zero-order valence-corrected chi connectivity index (χ0v) is 22.7. The molecule has 2 amide bonds. The van der Waals surface area contributed by atoms with E-state index in [1.54, 1.807) is 6.20 Å². The molecular formula is C28H33N5O4S. The molecule has 1 aromatic carbocycles. The Morgan fingerprint density at radius 2 is 2.16 bits per heavy atom. The molecule has 0 bridgehead atoms. The molecule has 200 valence electrons. The fourth-order valence-electron chi connectivity index (χ4n) is 4.74. The topological polar surface area (TPSA) is 129 Å². The molecule has 2 unspecified atom stereocenters. The van der Waals surface area contributed by atoms with E-state index in [4.69, 9.17) is 9.47 Å². The number of alkyl carbamates (subject to hydrolysis) is 1. The molecule has 0 fully saturated rings. The van der Waals surface area contributed by atoms with Crippen molar-refractivity contribution in [3.05, 3.63) is 63.3 Å². The normalized spacial score (nSPS) is 15.2. The fourth-order valence-corrected chi connectivity index (χ4v) is 6.07. The number of para-hydroxylation sites is 1. The molecule has 9 nitrogen and oxygen atoms in total. The van der Waals surface area contributed by atoms with E-state index in [1.807, 2.05) is 45.0 Å². The molecule has 1 aliphatic rings. The van der Waals surface area contributed by atoms with Crippen LogP contribution in [0.15, 0.2) is 30.5 Å². The number of hydrogen-bond acceptors (Lipinski definition) is 7. The Bertz CT molecular complexity index is 1320. The van der Waals surface area contributed by atoms with E-state index in [1.165, 1.54) is 11.3 Å². The second kappa shape index (κ2) is 12.6. The highest BCUT2D eigenvalue weighted by Gasteiger charge is 2.27. The molecule has 0 radical (unpaired) electrons. The summed E-state index contributed by atoms with van der Waals surface area (Å²) in [6.45, 7) is 6.55. The number of carbonyl (C=O) groups is 2. The van der Waals surface area contributed by atoms with Crippen LogP contribution in [-0.4, -0.2) is 35.4 Å². The summed E-state index contributed by atoms with van der Waals surface area (Å²) in [4.78, 5) is 26.2. The van der Waals surface area contributed by atoms with Crippen LogP contribution in [0.25, 0.3) is 0 Å². The Kier molecular flexibility index (Phi) is 9.02. The summed E-state index contributed by atoms with van der Waals surface area (Å²) in [6, 6.07) is 9.79. The average Bonchev–Trinajstić information content (AvgIpc) is 3.49. The van der Waals surface area contributed by atoms with E-state index in [0.29, 0.717) is 49.5 Å². The van der Waals surface area contributed by atoms with Gasteiger partial charge < -0.3 is 20.1 Å². The summed E-state index contributed by atoms with van der Waals surface area (Å²) in [5.41, 5.74) is 4.28. The van der Waals surface area contributed by atoms with Gasteiger partial charge in [0.1, 0.15) is 16.8 Å². The second-order valence-electron chi connectivity index (χ2n) is 9.41. The smallest absolute Gasteiger partial charge is 0.407 e. The van der Waals surface area contributed by atoms with Crippen molar-refractivity contribution in [3.63, 3.8) is 0 Å². The Hall–Kier alpha value is -3.84. The zero-order valence-electron chi connectivity index (χ0n) is 21.9. The van der Waals surface area contributed by atoms with Crippen LogP contribution in [0.4, 0.5) is 9.80 Å². The molecule has 0 saturated carbocycles. The Morgan fingerprint density at radius 3 is 2.89 bits per heavy atom. The summed E-state index contributed by atoms with van der Waals surface area (Å²) >= 11 is 1.45. The van der Waals surface area contributed by atoms with Gasteiger partial charge in [-0.25, -0.2) is 4.79 Å². The quantitative estimate of drug-likeness (QED) is 0.327. The second-order valence-corrected chi connectivity index (χ2v) is 10.5. The highest BCUT2D eigenvalue weighted by Crippen LogP contribution is 2.39. The van der Waals surface area contributed by atoms with Gasteiger partial charge in [0.15, 0.2) is 0 Å². The van der Waals surface area contributed by atoms with Crippen LogP contribution in [0.2, 0.25) is 0 Å². The Balaban J connectivity index is 1.31. The largest absolute Gasteiger partial charge is 0.494 e. The van der Waals surface area contributed by atoms with Crippen molar-refractivity contribution in [2.24, 2.45) is 5.92 Å². The summed E-state index contributed by atoms with van der Waals surface area (Å²) in [5, 5.41) is 23.1. The number of aryl methyl sites for hydroxylation is 2. The first kappa shape index (κ1) is 27.2. The standard InChI is InChI=1S/C28H33N5O4S/c1-4-36-24-8-6-5-7-20(24)10-12-26(34)32-27-22(14-29)21-11-9-19(13-25(21)38-27)16-37-28(35)31-17(2)23-15-30-33-18(23)3/h5-8,15,17,19H,4,9-13,16H2,1-3H3,(H,30,33)(H,31,35)(H,32,34). The van der Waals surface area contributed by atoms with Gasteiger partial charge in [-0.2, -0.15) is 10.4 Å². The first-order valence-electron chi connectivity index (χ1n) is 12.9. The van der Waals surface area contributed by atoms with Gasteiger partial charge in [-0.05, 0) is 69.6 Å². The monoisotopic (exact) mass is 535 g/mol. The number of nitrogens with one attached hydrogen (secondary N) is 3. The molecule has 0 spiro atoms. The minimum Gasteiger partial charge on any atom is -0.494 e. The number of rotatable bonds is 10. The van der Waals surface area contributed by atoms with Gasteiger partial charge >= 0.3 is 6.09 Å². The third-order valence-electron chi connectivity index (χ3n) is 6.75. The van der Waals surface area contributed by atoms with Crippen LogP contribution in [0, 0.1) is 24.2 Å². The van der Waals surface area contributed by atoms with Crippen LogP contribution in [-0.2, 0) is 28.8 Å². The van der Waals surface area contributed by atoms with Crippen LogP contribution in [0.3, 0.4) is 0 Å². The lowest BCUT2D eigenvalue weighted by atomic mass is 9.88. The van der Waals surface area contributed by atoms with Crippen LogP contribution < -0.4 is 15.4 Å². The van der Waals surface area contributed by atoms with Crippen LogP contribution in [0.5, 0.6) is 5.75 Å². The van der Waals surface area contributed by atoms with Crippen molar-refractivity contribution in [2.45, 2.75) is 58.9 Å². The molecule has 2 atom stereocenters. The third-order valence-corrected chi connectivity index (χ3v) is 7.92. The molecule has 3 aromatic rings. The van der Waals surface area contributed by atoms with E-state index < -0.39 is 6.09 Å². The predicted molar refractivity (Wildman–Crippen MR) is 145 cm³/mol. The molecule has 2 aromatic heterocycles. The van der Waals surface area contributed by atoms with E-state index in [2.05, 4.69) is 26.9 Å². The number of aromatic amines is 1. The summed E-state index contributed by atoms with van der Waals surface area (Å²) in [6.07, 6.45) is 4.37. The number of nitriles is 1. The third kappa shape index (κ3) is 6.53. The SMILES string of the molecule is CCOc1ccccc1CCC(=O)Nc1sc2c(c1C#N)CCC(COC(=O)NC(C)c1c[nH]nc1C)C2. The fraction of sp³-hybridized carbons (Fsp3) is 0.429. The summed E-state index contributed by atoms with van der Waals surface area (Å²) < 4.78 is 11.2. The molecule has 0 saturated heterocycles. The average molecular weight is 536 g/mol. The van der Waals surface area contributed by atoms with E-state index in [-0.39, 0.29) is 17.9 Å². The number of aromatic nitrogens is 2. The van der Waals surface area contributed by atoms with Gasteiger partial charge in [-0.3, -0.25) is 9.89 Å². The Morgan fingerprint density at radius 1 is 1.34 bits per heavy atom. The minimum atomic E-state index is -0.466. The first-order chi connectivity index (χ1) is 18.4. The first-order valence-corrected chi connectivity index (χ1v) is 13.7. The highest BCUT2D eigenvalue weighted by molar-refractivity contribution is 7.16. The van der Waals surface area contributed by atoms with Gasteiger partial charge in [0.25, 0.3) is 0 Å².